The minimum absolute atomic E-state index is 0.102. The summed E-state index contributed by atoms with van der Waals surface area (Å²) in [7, 11) is -6.20. The molecule has 0 fully saturated rings. The molecule has 9 heteroatoms. The Hall–Kier alpha value is -2.83. The first-order valence-corrected chi connectivity index (χ1v) is 11.0. The molecule has 0 bridgehead atoms. The lowest BCUT2D eigenvalue weighted by atomic mass is 10.1. The molecule has 0 atom stereocenters. The molecule has 140 valence electrons. The van der Waals surface area contributed by atoms with Crippen LogP contribution in [0.2, 0.25) is 0 Å². The number of hydrogen-bond acceptors (Lipinski definition) is 5. The van der Waals surface area contributed by atoms with Crippen LogP contribution in [0.1, 0.15) is 17.5 Å². The predicted octanol–water partition coefficient (Wildman–Crippen LogP) is 2.38. The number of nitriles is 1. The molecule has 3 aromatic rings. The molecule has 27 heavy (non-hydrogen) atoms. The third-order valence-electron chi connectivity index (χ3n) is 4.12. The fourth-order valence-corrected chi connectivity index (χ4v) is 4.27. The molecule has 0 saturated carbocycles. The molecule has 1 aromatic heterocycles. The van der Waals surface area contributed by atoms with E-state index in [-0.39, 0.29) is 10.6 Å². The van der Waals surface area contributed by atoms with Gasteiger partial charge in [0.05, 0.1) is 21.7 Å². The summed E-state index contributed by atoms with van der Waals surface area (Å²) < 4.78 is 49.1. The van der Waals surface area contributed by atoms with Crippen molar-refractivity contribution in [2.75, 3.05) is 10.5 Å². The first-order chi connectivity index (χ1) is 12.9. The second kappa shape index (κ2) is 7.82. The highest BCUT2D eigenvalue weighted by atomic mass is 32.2. The standard InChI is InChI=1S/C18H17N3O4S2/c19-11-14-12-20-18-16(14)4-1-5-17(18)21-27(24,25)15-8-6-13(7-9-15)3-2-10-26(22)23/h1,4-9,12,20-21,26H,2-3,10H2. The fourth-order valence-electron chi connectivity index (χ4n) is 2.78. The van der Waals surface area contributed by atoms with E-state index in [9.17, 15) is 16.8 Å². The number of aromatic nitrogens is 1. The number of H-pyrrole nitrogens is 1. The second-order valence-corrected chi connectivity index (χ2v) is 8.75. The quantitative estimate of drug-likeness (QED) is 0.523. The minimum atomic E-state index is -3.80. The number of fused-ring (bicyclic) bond motifs is 1. The van der Waals surface area contributed by atoms with Gasteiger partial charge in [0.15, 0.2) is 0 Å². The number of nitrogens with zero attached hydrogens (tertiary/aromatic N) is 1. The maximum Gasteiger partial charge on any atom is 0.261 e. The zero-order valence-corrected chi connectivity index (χ0v) is 15.9. The Labute approximate surface area is 158 Å². The summed E-state index contributed by atoms with van der Waals surface area (Å²) in [6, 6.07) is 13.4. The molecule has 2 aromatic carbocycles. The summed E-state index contributed by atoms with van der Waals surface area (Å²) in [6.45, 7) is 0. The number of benzene rings is 2. The van der Waals surface area contributed by atoms with Crippen LogP contribution in [-0.4, -0.2) is 27.6 Å². The van der Waals surface area contributed by atoms with Gasteiger partial charge in [0.25, 0.3) is 10.0 Å². The summed E-state index contributed by atoms with van der Waals surface area (Å²) in [5.74, 6) is 0.113. The Balaban J connectivity index is 1.81. The number of aryl methyl sites for hydroxylation is 1. The van der Waals surface area contributed by atoms with Gasteiger partial charge in [0, 0.05) is 17.3 Å². The van der Waals surface area contributed by atoms with Crippen LogP contribution in [0.3, 0.4) is 0 Å². The molecule has 3 rings (SSSR count). The van der Waals surface area contributed by atoms with Gasteiger partial charge in [-0.3, -0.25) is 4.72 Å². The van der Waals surface area contributed by atoms with Crippen molar-refractivity contribution in [3.8, 4) is 6.07 Å². The Morgan fingerprint density at radius 3 is 2.52 bits per heavy atom. The molecular weight excluding hydrogens is 386 g/mol. The topological polar surface area (TPSA) is 120 Å². The van der Waals surface area contributed by atoms with Gasteiger partial charge in [-0.2, -0.15) is 5.26 Å². The van der Waals surface area contributed by atoms with E-state index in [1.807, 2.05) is 0 Å². The van der Waals surface area contributed by atoms with Crippen molar-refractivity contribution in [2.24, 2.45) is 0 Å². The number of para-hydroxylation sites is 1. The van der Waals surface area contributed by atoms with Crippen molar-refractivity contribution in [1.82, 2.24) is 4.98 Å². The normalized spacial score (nSPS) is 11.6. The SMILES string of the molecule is N#Cc1c[nH]c2c(NS(=O)(=O)c3ccc(CCC[SH](=O)=O)cc3)cccc12. The molecule has 0 saturated heterocycles. The van der Waals surface area contributed by atoms with Crippen LogP contribution in [0, 0.1) is 11.3 Å². The fraction of sp³-hybridized carbons (Fsp3) is 0.167. The molecule has 0 aliphatic carbocycles. The number of anilines is 1. The molecule has 0 radical (unpaired) electrons. The van der Waals surface area contributed by atoms with Crippen molar-refractivity contribution in [3.63, 3.8) is 0 Å². The van der Waals surface area contributed by atoms with Gasteiger partial charge in [0.2, 0.25) is 0 Å². The second-order valence-electron chi connectivity index (χ2n) is 5.95. The molecular formula is C18H17N3O4S2. The highest BCUT2D eigenvalue weighted by Crippen LogP contribution is 2.27. The molecule has 0 unspecified atom stereocenters. The molecule has 0 aliphatic heterocycles. The first kappa shape index (κ1) is 18.9. The van der Waals surface area contributed by atoms with Gasteiger partial charge in [-0.25, -0.2) is 16.8 Å². The highest BCUT2D eigenvalue weighted by molar-refractivity contribution is 7.92. The Morgan fingerprint density at radius 1 is 1.11 bits per heavy atom. The zero-order valence-electron chi connectivity index (χ0n) is 14.2. The number of nitrogens with one attached hydrogen (secondary N) is 2. The molecule has 0 spiro atoms. The molecule has 0 aliphatic rings. The number of sulfonamides is 1. The predicted molar refractivity (Wildman–Crippen MR) is 104 cm³/mol. The van der Waals surface area contributed by atoms with Crippen LogP contribution in [0.4, 0.5) is 5.69 Å². The van der Waals surface area contributed by atoms with Crippen molar-refractivity contribution in [1.29, 1.82) is 5.26 Å². The van der Waals surface area contributed by atoms with E-state index in [1.54, 1.807) is 30.3 Å². The maximum atomic E-state index is 12.7. The Morgan fingerprint density at radius 2 is 1.85 bits per heavy atom. The summed E-state index contributed by atoms with van der Waals surface area (Å²) in [5, 5.41) is 9.74. The summed E-state index contributed by atoms with van der Waals surface area (Å²) in [6.07, 6.45) is 2.60. The van der Waals surface area contributed by atoms with Gasteiger partial charge in [-0.15, -0.1) is 0 Å². The lowest BCUT2D eigenvalue weighted by molar-refractivity contribution is 0.601. The van der Waals surface area contributed by atoms with Crippen LogP contribution >= 0.6 is 0 Å². The minimum Gasteiger partial charge on any atom is -0.358 e. The molecule has 0 amide bonds. The van der Waals surface area contributed by atoms with Crippen LogP contribution in [-0.2, 0) is 27.1 Å². The summed E-state index contributed by atoms with van der Waals surface area (Å²) >= 11 is 0. The van der Waals surface area contributed by atoms with Crippen LogP contribution < -0.4 is 4.72 Å². The Kier molecular flexibility index (Phi) is 5.48. The van der Waals surface area contributed by atoms with Crippen molar-refractivity contribution < 1.29 is 16.8 Å². The number of hydrogen-bond donors (Lipinski definition) is 3. The number of rotatable bonds is 7. The van der Waals surface area contributed by atoms with E-state index in [1.165, 1.54) is 18.3 Å². The van der Waals surface area contributed by atoms with Gasteiger partial charge < -0.3 is 4.98 Å². The van der Waals surface area contributed by atoms with Crippen LogP contribution in [0.5, 0.6) is 0 Å². The first-order valence-electron chi connectivity index (χ1n) is 8.14. The third-order valence-corrected chi connectivity index (χ3v) is 6.18. The van der Waals surface area contributed by atoms with Crippen molar-refractivity contribution in [2.45, 2.75) is 17.7 Å². The number of thiol groups is 1. The van der Waals surface area contributed by atoms with E-state index in [0.717, 1.165) is 5.56 Å². The summed E-state index contributed by atoms with van der Waals surface area (Å²) in [5.41, 5.74) is 2.21. The lowest BCUT2D eigenvalue weighted by Gasteiger charge is -2.10. The smallest absolute Gasteiger partial charge is 0.261 e. The van der Waals surface area contributed by atoms with Crippen molar-refractivity contribution in [3.05, 3.63) is 59.8 Å². The Bertz CT molecular complexity index is 1180. The average molecular weight is 403 g/mol. The molecule has 1 heterocycles. The van der Waals surface area contributed by atoms with Crippen molar-refractivity contribution >= 4 is 37.3 Å². The van der Waals surface area contributed by atoms with Gasteiger partial charge >= 0.3 is 0 Å². The van der Waals surface area contributed by atoms with Gasteiger partial charge in [-0.05, 0) is 36.6 Å². The van der Waals surface area contributed by atoms with E-state index < -0.39 is 20.7 Å². The van der Waals surface area contributed by atoms with Gasteiger partial charge in [0.1, 0.15) is 16.8 Å². The van der Waals surface area contributed by atoms with E-state index in [4.69, 9.17) is 5.26 Å². The average Bonchev–Trinajstić information content (AvgIpc) is 3.06. The summed E-state index contributed by atoms with van der Waals surface area (Å²) in [4.78, 5) is 3.03. The van der Waals surface area contributed by atoms with E-state index in [2.05, 4.69) is 15.8 Å². The monoisotopic (exact) mass is 403 g/mol. The molecule has 7 nitrogen and oxygen atoms in total. The van der Waals surface area contributed by atoms with Crippen LogP contribution in [0.25, 0.3) is 10.9 Å². The van der Waals surface area contributed by atoms with Crippen LogP contribution in [0.15, 0.2) is 53.6 Å². The highest BCUT2D eigenvalue weighted by Gasteiger charge is 2.16. The van der Waals surface area contributed by atoms with Gasteiger partial charge in [-0.1, -0.05) is 24.3 Å². The zero-order chi connectivity index (χ0) is 19.4. The maximum absolute atomic E-state index is 12.7. The van der Waals surface area contributed by atoms with E-state index in [0.29, 0.717) is 35.0 Å². The van der Waals surface area contributed by atoms with E-state index >= 15 is 0 Å². The third kappa shape index (κ3) is 4.30. The molecule has 2 N–H and O–H groups in total. The largest absolute Gasteiger partial charge is 0.358 e. The number of aromatic amines is 1. The lowest BCUT2D eigenvalue weighted by Crippen LogP contribution is -2.13.